The third kappa shape index (κ3) is 6.61. The van der Waals surface area contributed by atoms with Crippen LogP contribution in [0.3, 0.4) is 0 Å². The average Bonchev–Trinajstić information content (AvgIpc) is 2.59. The number of hydrogen-bond acceptors (Lipinski definition) is 3. The van der Waals surface area contributed by atoms with E-state index in [1.807, 2.05) is 32.0 Å². The van der Waals surface area contributed by atoms with Gasteiger partial charge in [0.15, 0.2) is 13.1 Å². The predicted molar refractivity (Wildman–Crippen MR) is 108 cm³/mol. The van der Waals surface area contributed by atoms with Crippen LogP contribution in [0.1, 0.15) is 11.1 Å². The van der Waals surface area contributed by atoms with Crippen molar-refractivity contribution in [3.05, 3.63) is 53.6 Å². The van der Waals surface area contributed by atoms with E-state index in [1.165, 1.54) is 6.07 Å². The smallest absolute Gasteiger partial charge is 0.288 e. The van der Waals surface area contributed by atoms with Crippen LogP contribution in [0.5, 0.6) is 0 Å². The molecule has 0 saturated heterocycles. The Morgan fingerprint density at radius 2 is 1.54 bits per heavy atom. The summed E-state index contributed by atoms with van der Waals surface area (Å²) >= 11 is 0.381. The largest absolute Gasteiger partial charge is 0.322 e. The van der Waals surface area contributed by atoms with E-state index in [2.05, 4.69) is 10.6 Å². The van der Waals surface area contributed by atoms with E-state index in [0.29, 0.717) is 27.2 Å². The Balaban J connectivity index is 1.90. The SMILES string of the molecule is Cc1cccc(C)c1NC(=O)C[NH+](C)CC(=O)Nc1ccccc1SC(F)F. The summed E-state index contributed by atoms with van der Waals surface area (Å²) in [4.78, 5) is 25.5. The summed E-state index contributed by atoms with van der Waals surface area (Å²) < 4.78 is 25.3. The molecule has 2 aromatic rings. The summed E-state index contributed by atoms with van der Waals surface area (Å²) in [5.74, 6) is -3.11. The van der Waals surface area contributed by atoms with Gasteiger partial charge in [0.2, 0.25) is 0 Å². The van der Waals surface area contributed by atoms with Crippen molar-refractivity contribution in [3.8, 4) is 0 Å². The lowest BCUT2D eigenvalue weighted by atomic mass is 10.1. The van der Waals surface area contributed by atoms with Crippen molar-refractivity contribution in [2.24, 2.45) is 0 Å². The fraction of sp³-hybridized carbons (Fsp3) is 0.300. The molecule has 0 fully saturated rings. The number of nitrogens with one attached hydrogen (secondary N) is 3. The van der Waals surface area contributed by atoms with Crippen LogP contribution in [-0.4, -0.2) is 37.7 Å². The number of quaternary nitrogens is 1. The van der Waals surface area contributed by atoms with Gasteiger partial charge in [-0.25, -0.2) is 0 Å². The molecule has 0 spiro atoms. The Labute approximate surface area is 167 Å². The zero-order valence-electron chi connectivity index (χ0n) is 16.0. The number of rotatable bonds is 8. The Morgan fingerprint density at radius 1 is 0.964 bits per heavy atom. The predicted octanol–water partition coefficient (Wildman–Crippen LogP) is 2.71. The molecule has 0 aliphatic rings. The van der Waals surface area contributed by atoms with Crippen molar-refractivity contribution in [2.75, 3.05) is 30.8 Å². The molecule has 0 radical (unpaired) electrons. The number of hydrogen-bond donors (Lipinski definition) is 3. The molecule has 1 atom stereocenters. The molecule has 3 N–H and O–H groups in total. The second kappa shape index (κ2) is 10.2. The Morgan fingerprint density at radius 3 is 2.14 bits per heavy atom. The first-order valence-electron chi connectivity index (χ1n) is 8.77. The van der Waals surface area contributed by atoms with E-state index >= 15 is 0 Å². The number of aryl methyl sites for hydroxylation is 2. The van der Waals surface area contributed by atoms with Gasteiger partial charge in [-0.3, -0.25) is 9.59 Å². The molecule has 8 heteroatoms. The number of likely N-dealkylation sites (N-methyl/N-ethyl adjacent to an activating group) is 1. The van der Waals surface area contributed by atoms with Gasteiger partial charge in [0, 0.05) is 10.6 Å². The molecule has 0 saturated carbocycles. The van der Waals surface area contributed by atoms with E-state index < -0.39 is 5.76 Å². The van der Waals surface area contributed by atoms with Crippen LogP contribution in [0, 0.1) is 13.8 Å². The van der Waals surface area contributed by atoms with Gasteiger partial charge < -0.3 is 15.5 Å². The van der Waals surface area contributed by atoms with Crippen molar-refractivity contribution < 1.29 is 23.3 Å². The highest BCUT2D eigenvalue weighted by molar-refractivity contribution is 7.99. The molecule has 2 amide bonds. The topological polar surface area (TPSA) is 62.6 Å². The zero-order valence-corrected chi connectivity index (χ0v) is 16.8. The Bertz CT molecular complexity index is 826. The van der Waals surface area contributed by atoms with Crippen LogP contribution in [0.25, 0.3) is 0 Å². The van der Waals surface area contributed by atoms with E-state index in [1.54, 1.807) is 25.2 Å². The summed E-state index contributed by atoms with van der Waals surface area (Å²) in [5, 5.41) is 5.53. The molecule has 2 rings (SSSR count). The van der Waals surface area contributed by atoms with Crippen molar-refractivity contribution in [2.45, 2.75) is 24.5 Å². The van der Waals surface area contributed by atoms with Crippen molar-refractivity contribution in [3.63, 3.8) is 0 Å². The first-order valence-corrected chi connectivity index (χ1v) is 9.65. The first-order chi connectivity index (χ1) is 13.3. The number of anilines is 2. The number of alkyl halides is 2. The lowest BCUT2D eigenvalue weighted by Crippen LogP contribution is -3.11. The van der Waals surface area contributed by atoms with Gasteiger partial charge >= 0.3 is 0 Å². The molecule has 0 aliphatic heterocycles. The average molecular weight is 408 g/mol. The lowest BCUT2D eigenvalue weighted by molar-refractivity contribution is -0.862. The third-order valence-electron chi connectivity index (χ3n) is 4.05. The fourth-order valence-corrected chi connectivity index (χ4v) is 3.36. The first kappa shape index (κ1) is 21.8. The lowest BCUT2D eigenvalue weighted by Gasteiger charge is -2.16. The van der Waals surface area contributed by atoms with Crippen LogP contribution in [-0.2, 0) is 9.59 Å². The normalized spacial score (nSPS) is 11.9. The van der Waals surface area contributed by atoms with E-state index in [9.17, 15) is 18.4 Å². The Kier molecular flexibility index (Phi) is 7.95. The van der Waals surface area contributed by atoms with Crippen molar-refractivity contribution >= 4 is 35.0 Å². The number of benzene rings is 2. The number of amides is 2. The summed E-state index contributed by atoms with van der Waals surface area (Å²) in [5.41, 5.74) is 3.06. The number of para-hydroxylation sites is 2. The molecular weight excluding hydrogens is 384 g/mol. The van der Waals surface area contributed by atoms with Crippen LogP contribution < -0.4 is 15.5 Å². The summed E-state index contributed by atoms with van der Waals surface area (Å²) in [6.45, 7) is 3.98. The zero-order chi connectivity index (χ0) is 20.7. The maximum absolute atomic E-state index is 12.6. The van der Waals surface area contributed by atoms with Gasteiger partial charge in [-0.2, -0.15) is 8.78 Å². The van der Waals surface area contributed by atoms with Crippen LogP contribution in [0.15, 0.2) is 47.4 Å². The van der Waals surface area contributed by atoms with E-state index in [4.69, 9.17) is 0 Å². The molecule has 0 heterocycles. The third-order valence-corrected chi connectivity index (χ3v) is 4.84. The van der Waals surface area contributed by atoms with Gasteiger partial charge in [-0.15, -0.1) is 0 Å². The monoisotopic (exact) mass is 408 g/mol. The van der Waals surface area contributed by atoms with E-state index in [-0.39, 0.29) is 24.9 Å². The van der Waals surface area contributed by atoms with Gasteiger partial charge in [0.1, 0.15) is 0 Å². The molecule has 5 nitrogen and oxygen atoms in total. The number of thioether (sulfide) groups is 1. The second-order valence-corrected chi connectivity index (χ2v) is 7.58. The van der Waals surface area contributed by atoms with E-state index in [0.717, 1.165) is 16.8 Å². The van der Waals surface area contributed by atoms with Gasteiger partial charge in [-0.05, 0) is 37.1 Å². The van der Waals surface area contributed by atoms with Gasteiger partial charge in [0.05, 0.1) is 12.7 Å². The molecule has 0 aromatic heterocycles. The number of halogens is 2. The van der Waals surface area contributed by atoms with Crippen LogP contribution >= 0.6 is 11.8 Å². The van der Waals surface area contributed by atoms with Gasteiger partial charge in [0.25, 0.3) is 17.6 Å². The number of carbonyl (C=O) groups excluding carboxylic acids is 2. The molecule has 0 bridgehead atoms. The van der Waals surface area contributed by atoms with Crippen molar-refractivity contribution in [1.29, 1.82) is 0 Å². The van der Waals surface area contributed by atoms with Gasteiger partial charge in [-0.1, -0.05) is 42.1 Å². The highest BCUT2D eigenvalue weighted by Gasteiger charge is 2.17. The molecule has 0 aliphatic carbocycles. The Hall–Kier alpha value is -2.45. The molecule has 150 valence electrons. The minimum atomic E-state index is -2.57. The van der Waals surface area contributed by atoms with Crippen LogP contribution in [0.4, 0.5) is 20.2 Å². The minimum absolute atomic E-state index is 0.0356. The minimum Gasteiger partial charge on any atom is -0.322 e. The standard InChI is InChI=1S/C20H23F2N3O2S/c1-13-7-6-8-14(2)19(13)24-18(27)12-25(3)11-17(26)23-15-9-4-5-10-16(15)28-20(21)22/h4-10,20H,11-12H2,1-3H3,(H,23,26)(H,24,27)/p+1. The second-order valence-electron chi connectivity index (χ2n) is 6.55. The highest BCUT2D eigenvalue weighted by atomic mass is 32.2. The van der Waals surface area contributed by atoms with Crippen molar-refractivity contribution in [1.82, 2.24) is 0 Å². The highest BCUT2D eigenvalue weighted by Crippen LogP contribution is 2.31. The maximum Gasteiger partial charge on any atom is 0.288 e. The maximum atomic E-state index is 12.6. The molecule has 28 heavy (non-hydrogen) atoms. The summed E-state index contributed by atoms with van der Waals surface area (Å²) in [7, 11) is 1.73. The van der Waals surface area contributed by atoms with Crippen LogP contribution in [0.2, 0.25) is 0 Å². The molecule has 2 aromatic carbocycles. The summed E-state index contributed by atoms with van der Waals surface area (Å²) in [6.07, 6.45) is 0. The quantitative estimate of drug-likeness (QED) is 0.589. The number of carbonyl (C=O) groups is 2. The fourth-order valence-electron chi connectivity index (χ4n) is 2.77. The molecular formula is C20H24F2N3O2S+. The molecule has 1 unspecified atom stereocenters. The summed E-state index contributed by atoms with van der Waals surface area (Å²) in [6, 6.07) is 12.2.